The number of nitrogens with zero attached hydrogens (tertiary/aromatic N) is 2. The van der Waals surface area contributed by atoms with Crippen LogP contribution in [0.5, 0.6) is 5.75 Å². The Balaban J connectivity index is 1.76. The van der Waals surface area contributed by atoms with E-state index < -0.39 is 0 Å². The Bertz CT molecular complexity index is 955. The molecule has 1 amide bonds. The van der Waals surface area contributed by atoms with Crippen LogP contribution in [0.3, 0.4) is 0 Å². The normalized spacial score (nSPS) is 25.4. The molecule has 1 unspecified atom stereocenters. The Morgan fingerprint density at radius 1 is 1.19 bits per heavy atom. The van der Waals surface area contributed by atoms with Crippen LogP contribution in [-0.4, -0.2) is 28.5 Å². The second kappa shape index (κ2) is 5.85. The quantitative estimate of drug-likeness (QED) is 0.835. The molecule has 2 aromatic rings. The van der Waals surface area contributed by atoms with E-state index in [1.54, 1.807) is 30.3 Å². The Morgan fingerprint density at radius 2 is 1.89 bits per heavy atom. The van der Waals surface area contributed by atoms with Crippen molar-refractivity contribution in [2.24, 2.45) is 5.41 Å². The minimum Gasteiger partial charge on any atom is -0.508 e. The molecule has 4 heteroatoms. The van der Waals surface area contributed by atoms with Crippen LogP contribution in [0, 0.1) is 16.7 Å². The zero-order valence-corrected chi connectivity index (χ0v) is 16.0. The number of fused-ring (bicyclic) bond motifs is 4. The first-order valence-electron chi connectivity index (χ1n) is 9.42. The van der Waals surface area contributed by atoms with E-state index in [1.165, 1.54) is 5.56 Å². The molecular formula is C23H24N2O2. The zero-order valence-electron chi connectivity index (χ0n) is 16.0. The van der Waals surface area contributed by atoms with Crippen molar-refractivity contribution in [1.82, 2.24) is 4.90 Å². The van der Waals surface area contributed by atoms with Gasteiger partial charge in [0.15, 0.2) is 0 Å². The van der Waals surface area contributed by atoms with Crippen molar-refractivity contribution < 1.29 is 9.90 Å². The predicted molar refractivity (Wildman–Crippen MR) is 104 cm³/mol. The number of rotatable bonds is 1. The lowest BCUT2D eigenvalue weighted by Crippen LogP contribution is -2.64. The molecular weight excluding hydrogens is 336 g/mol. The van der Waals surface area contributed by atoms with E-state index in [9.17, 15) is 9.90 Å². The predicted octanol–water partition coefficient (Wildman–Crippen LogP) is 4.02. The Morgan fingerprint density at radius 3 is 2.56 bits per heavy atom. The fraction of sp³-hybridized carbons (Fsp3) is 0.391. The van der Waals surface area contributed by atoms with Gasteiger partial charge in [-0.3, -0.25) is 4.79 Å². The van der Waals surface area contributed by atoms with Crippen LogP contribution in [0.25, 0.3) is 0 Å². The van der Waals surface area contributed by atoms with E-state index in [1.807, 2.05) is 11.0 Å². The smallest absolute Gasteiger partial charge is 0.254 e. The molecule has 1 saturated heterocycles. The van der Waals surface area contributed by atoms with Gasteiger partial charge in [0.05, 0.1) is 11.6 Å². The van der Waals surface area contributed by atoms with Crippen molar-refractivity contribution in [3.05, 3.63) is 64.7 Å². The fourth-order valence-corrected chi connectivity index (χ4v) is 5.02. The van der Waals surface area contributed by atoms with E-state index in [-0.39, 0.29) is 22.8 Å². The van der Waals surface area contributed by atoms with Gasteiger partial charge in [-0.1, -0.05) is 32.9 Å². The lowest BCUT2D eigenvalue weighted by molar-refractivity contribution is -0.0266. The van der Waals surface area contributed by atoms with Crippen LogP contribution in [0.15, 0.2) is 42.5 Å². The number of carbonyl (C=O) groups is 1. The van der Waals surface area contributed by atoms with Crippen molar-refractivity contribution in [2.45, 2.75) is 45.1 Å². The summed E-state index contributed by atoms with van der Waals surface area (Å²) in [7, 11) is 0. The fourth-order valence-electron chi connectivity index (χ4n) is 5.02. The van der Waals surface area contributed by atoms with Gasteiger partial charge >= 0.3 is 0 Å². The molecule has 2 bridgehead atoms. The van der Waals surface area contributed by atoms with Gasteiger partial charge in [0.2, 0.25) is 0 Å². The average Bonchev–Trinajstić information content (AvgIpc) is 2.65. The highest BCUT2D eigenvalue weighted by Gasteiger charge is 2.57. The van der Waals surface area contributed by atoms with Crippen molar-refractivity contribution in [1.29, 1.82) is 5.26 Å². The first-order valence-corrected chi connectivity index (χ1v) is 9.42. The molecule has 1 N–H and O–H groups in total. The minimum absolute atomic E-state index is 0.00140. The summed E-state index contributed by atoms with van der Waals surface area (Å²) in [6.07, 6.45) is 1.52. The Hall–Kier alpha value is -2.80. The molecule has 27 heavy (non-hydrogen) atoms. The largest absolute Gasteiger partial charge is 0.508 e. The number of hydrogen-bond donors (Lipinski definition) is 1. The first-order chi connectivity index (χ1) is 12.8. The number of carbonyl (C=O) groups excluding carboxylic acids is 1. The number of aromatic hydroxyl groups is 1. The zero-order chi connectivity index (χ0) is 19.4. The SMILES string of the molecule is CC12CCN(C(=O)c3ccc(C#N)cc3)[C@H](Cc3c(O)cccc31)C2(C)C. The third-order valence-corrected chi connectivity index (χ3v) is 7.15. The number of likely N-dealkylation sites (tertiary alicyclic amines) is 1. The number of phenolic OH excluding ortho intramolecular Hbond substituents is 1. The second-order valence-corrected chi connectivity index (χ2v) is 8.51. The van der Waals surface area contributed by atoms with E-state index in [4.69, 9.17) is 5.26 Å². The van der Waals surface area contributed by atoms with Gasteiger partial charge in [0.1, 0.15) is 5.75 Å². The van der Waals surface area contributed by atoms with Gasteiger partial charge in [-0.25, -0.2) is 0 Å². The van der Waals surface area contributed by atoms with Gasteiger partial charge in [0.25, 0.3) is 5.91 Å². The van der Waals surface area contributed by atoms with Gasteiger partial charge in [0, 0.05) is 23.6 Å². The molecule has 0 aromatic heterocycles. The molecule has 1 aliphatic heterocycles. The minimum atomic E-state index is -0.117. The first kappa shape index (κ1) is 17.6. The van der Waals surface area contributed by atoms with Crippen molar-refractivity contribution >= 4 is 5.91 Å². The number of amides is 1. The maximum Gasteiger partial charge on any atom is 0.254 e. The monoisotopic (exact) mass is 360 g/mol. The molecule has 4 rings (SSSR count). The Labute approximate surface area is 160 Å². The number of benzene rings is 2. The molecule has 2 aromatic carbocycles. The van der Waals surface area contributed by atoms with Gasteiger partial charge in [-0.05, 0) is 59.7 Å². The van der Waals surface area contributed by atoms with Crippen LogP contribution in [0.4, 0.5) is 0 Å². The summed E-state index contributed by atoms with van der Waals surface area (Å²) >= 11 is 0. The van der Waals surface area contributed by atoms with E-state index in [0.29, 0.717) is 29.8 Å². The van der Waals surface area contributed by atoms with Crippen molar-refractivity contribution in [3.63, 3.8) is 0 Å². The maximum absolute atomic E-state index is 13.3. The molecule has 0 saturated carbocycles. The summed E-state index contributed by atoms with van der Waals surface area (Å²) in [5.74, 6) is 0.324. The second-order valence-electron chi connectivity index (χ2n) is 8.51. The summed E-state index contributed by atoms with van der Waals surface area (Å²) in [6, 6.07) is 14.7. The van der Waals surface area contributed by atoms with E-state index in [2.05, 4.69) is 32.9 Å². The number of piperidine rings is 1. The summed E-state index contributed by atoms with van der Waals surface area (Å²) in [5.41, 5.74) is 3.14. The lowest BCUT2D eigenvalue weighted by atomic mass is 9.51. The summed E-state index contributed by atoms with van der Waals surface area (Å²) in [5, 5.41) is 19.4. The van der Waals surface area contributed by atoms with Crippen LogP contribution < -0.4 is 0 Å². The highest BCUT2D eigenvalue weighted by atomic mass is 16.3. The van der Waals surface area contributed by atoms with Gasteiger partial charge in [-0.15, -0.1) is 0 Å². The van der Waals surface area contributed by atoms with Crippen molar-refractivity contribution in [3.8, 4) is 11.8 Å². The summed E-state index contributed by atoms with van der Waals surface area (Å²) < 4.78 is 0. The lowest BCUT2D eigenvalue weighted by Gasteiger charge is -2.60. The molecule has 1 aliphatic carbocycles. The maximum atomic E-state index is 13.3. The molecule has 1 heterocycles. The summed E-state index contributed by atoms with van der Waals surface area (Å²) in [6.45, 7) is 7.44. The van der Waals surface area contributed by atoms with Crippen LogP contribution in [0.1, 0.15) is 54.2 Å². The van der Waals surface area contributed by atoms with Gasteiger partial charge < -0.3 is 10.0 Å². The van der Waals surface area contributed by atoms with Crippen LogP contribution in [0.2, 0.25) is 0 Å². The molecule has 1 fully saturated rings. The average molecular weight is 360 g/mol. The number of hydrogen-bond acceptors (Lipinski definition) is 3. The molecule has 2 atom stereocenters. The molecule has 0 spiro atoms. The number of nitriles is 1. The molecule has 2 aliphatic rings. The third-order valence-electron chi connectivity index (χ3n) is 7.15. The van der Waals surface area contributed by atoms with E-state index >= 15 is 0 Å². The highest BCUT2D eigenvalue weighted by molar-refractivity contribution is 5.94. The molecule has 138 valence electrons. The van der Waals surface area contributed by atoms with E-state index in [0.717, 1.165) is 12.0 Å². The third kappa shape index (κ3) is 2.38. The number of phenols is 1. The van der Waals surface area contributed by atoms with Crippen molar-refractivity contribution in [2.75, 3.05) is 6.54 Å². The molecule has 4 nitrogen and oxygen atoms in total. The molecule has 0 radical (unpaired) electrons. The van der Waals surface area contributed by atoms with Crippen LogP contribution >= 0.6 is 0 Å². The Kier molecular flexibility index (Phi) is 3.82. The summed E-state index contributed by atoms with van der Waals surface area (Å²) in [4.78, 5) is 15.2. The van der Waals surface area contributed by atoms with Gasteiger partial charge in [-0.2, -0.15) is 5.26 Å². The standard InChI is InChI=1S/C23H24N2O2/c1-22(2)20-13-17-18(5-4-6-19(17)26)23(22,3)11-12-25(20)21(27)16-9-7-15(14-24)8-10-16/h4-10,20,26H,11-13H2,1-3H3/t20-,23?/m1/s1. The highest BCUT2D eigenvalue weighted by Crippen LogP contribution is 2.57. The topological polar surface area (TPSA) is 64.3 Å². The van der Waals surface area contributed by atoms with Crippen LogP contribution in [-0.2, 0) is 11.8 Å².